The van der Waals surface area contributed by atoms with Crippen molar-refractivity contribution in [2.24, 2.45) is 0 Å². The van der Waals surface area contributed by atoms with E-state index in [0.717, 1.165) is 5.75 Å². The highest BCUT2D eigenvalue weighted by Crippen LogP contribution is 2.11. The molecular weight excluding hydrogens is 344 g/mol. The van der Waals surface area contributed by atoms with Gasteiger partial charge in [-0.1, -0.05) is 29.8 Å². The number of ether oxygens (including phenoxy) is 2. The Morgan fingerprint density at radius 2 is 1.96 bits per heavy atom. The number of para-hydroxylation sites is 1. The quantitative estimate of drug-likeness (QED) is 0.574. The summed E-state index contributed by atoms with van der Waals surface area (Å²) >= 11 is 5.72. The van der Waals surface area contributed by atoms with E-state index in [1.54, 1.807) is 12.1 Å². The van der Waals surface area contributed by atoms with Crippen LogP contribution in [0.25, 0.3) is 0 Å². The molecular formula is C18H19ClN2O4. The van der Waals surface area contributed by atoms with Crippen LogP contribution in [0.3, 0.4) is 0 Å². The van der Waals surface area contributed by atoms with Crippen LogP contribution in [0.2, 0.25) is 5.02 Å². The van der Waals surface area contributed by atoms with E-state index in [1.165, 1.54) is 13.1 Å². The minimum atomic E-state index is -0.917. The first-order valence-corrected chi connectivity index (χ1v) is 8.22. The van der Waals surface area contributed by atoms with Crippen LogP contribution in [0.15, 0.2) is 48.7 Å². The number of rotatable bonds is 8. The van der Waals surface area contributed by atoms with E-state index >= 15 is 0 Å². The summed E-state index contributed by atoms with van der Waals surface area (Å²) in [5, 5.41) is 3.02. The van der Waals surface area contributed by atoms with Crippen LogP contribution in [0.1, 0.15) is 19.8 Å². The molecule has 0 bridgehead atoms. The molecule has 1 N–H and O–H groups in total. The third-order valence-electron chi connectivity index (χ3n) is 3.19. The van der Waals surface area contributed by atoms with Crippen LogP contribution in [-0.4, -0.2) is 29.6 Å². The number of carbonyl (C=O) groups excluding carboxylic acids is 2. The van der Waals surface area contributed by atoms with Crippen LogP contribution in [0.4, 0.5) is 5.82 Å². The van der Waals surface area contributed by atoms with Gasteiger partial charge in [-0.05, 0) is 37.6 Å². The van der Waals surface area contributed by atoms with Gasteiger partial charge in [0.2, 0.25) is 0 Å². The summed E-state index contributed by atoms with van der Waals surface area (Å²) in [6.07, 6.45) is 1.17. The number of pyridine rings is 1. The number of halogens is 1. The molecule has 2 aromatic rings. The first kappa shape index (κ1) is 18.7. The Balaban J connectivity index is 1.66. The fourth-order valence-electron chi connectivity index (χ4n) is 1.91. The number of nitrogens with zero attached hydrogens (tertiary/aromatic N) is 1. The maximum Gasteiger partial charge on any atom is 0.306 e. The summed E-state index contributed by atoms with van der Waals surface area (Å²) in [4.78, 5) is 27.7. The molecule has 0 saturated heterocycles. The highest BCUT2D eigenvalue weighted by atomic mass is 35.5. The average Bonchev–Trinajstić information content (AvgIpc) is 2.61. The van der Waals surface area contributed by atoms with E-state index in [0.29, 0.717) is 23.9 Å². The van der Waals surface area contributed by atoms with Crippen molar-refractivity contribution in [2.75, 3.05) is 11.9 Å². The number of hydrogen-bond acceptors (Lipinski definition) is 5. The van der Waals surface area contributed by atoms with Gasteiger partial charge in [-0.25, -0.2) is 4.98 Å². The molecule has 1 aromatic heterocycles. The molecule has 1 amide bonds. The van der Waals surface area contributed by atoms with Crippen molar-refractivity contribution in [3.05, 3.63) is 53.7 Å². The van der Waals surface area contributed by atoms with E-state index in [2.05, 4.69) is 10.3 Å². The van der Waals surface area contributed by atoms with Gasteiger partial charge in [0.15, 0.2) is 6.10 Å². The highest BCUT2D eigenvalue weighted by Gasteiger charge is 2.18. The Bertz CT molecular complexity index is 692. The molecule has 0 aliphatic rings. The maximum atomic E-state index is 12.0. The SMILES string of the molecule is C[C@H](OC(=O)CCCOc1ccccc1)C(=O)Nc1ccc(Cl)cn1. The molecule has 1 aromatic carbocycles. The molecule has 7 heteroatoms. The van der Waals surface area contributed by atoms with Gasteiger partial charge in [0.05, 0.1) is 11.6 Å². The zero-order chi connectivity index (χ0) is 18.1. The number of nitrogens with one attached hydrogen (secondary N) is 1. The molecule has 0 radical (unpaired) electrons. The summed E-state index contributed by atoms with van der Waals surface area (Å²) in [5.41, 5.74) is 0. The lowest BCUT2D eigenvalue weighted by Crippen LogP contribution is -2.30. The van der Waals surface area contributed by atoms with Gasteiger partial charge in [0, 0.05) is 12.6 Å². The molecule has 6 nitrogen and oxygen atoms in total. The monoisotopic (exact) mass is 362 g/mol. The molecule has 25 heavy (non-hydrogen) atoms. The molecule has 0 unspecified atom stereocenters. The lowest BCUT2D eigenvalue weighted by molar-refractivity contribution is -0.153. The van der Waals surface area contributed by atoms with Gasteiger partial charge in [-0.15, -0.1) is 0 Å². The predicted octanol–water partition coefficient (Wildman–Crippen LogP) is 3.46. The Morgan fingerprint density at radius 3 is 2.64 bits per heavy atom. The molecule has 0 saturated carbocycles. The summed E-state index contributed by atoms with van der Waals surface area (Å²) in [7, 11) is 0. The standard InChI is InChI=1S/C18H19ClN2O4/c1-13(18(23)21-16-10-9-14(19)12-20-16)25-17(22)8-5-11-24-15-6-3-2-4-7-15/h2-4,6-7,9-10,12-13H,5,8,11H2,1H3,(H,20,21,23)/t13-/m0/s1. The van der Waals surface area contributed by atoms with Crippen molar-refractivity contribution in [3.63, 3.8) is 0 Å². The number of amides is 1. The summed E-state index contributed by atoms with van der Waals surface area (Å²) < 4.78 is 10.6. The molecule has 0 spiro atoms. The van der Waals surface area contributed by atoms with Crippen molar-refractivity contribution in [3.8, 4) is 5.75 Å². The normalized spacial score (nSPS) is 11.4. The van der Waals surface area contributed by atoms with Gasteiger partial charge in [0.25, 0.3) is 5.91 Å². The third kappa shape index (κ3) is 6.81. The highest BCUT2D eigenvalue weighted by molar-refractivity contribution is 6.30. The van der Waals surface area contributed by atoms with Crippen LogP contribution < -0.4 is 10.1 Å². The molecule has 0 aliphatic carbocycles. The van der Waals surface area contributed by atoms with Gasteiger partial charge < -0.3 is 14.8 Å². The van der Waals surface area contributed by atoms with Crippen molar-refractivity contribution in [1.29, 1.82) is 0 Å². The van der Waals surface area contributed by atoms with Crippen molar-refractivity contribution in [1.82, 2.24) is 4.98 Å². The Kier molecular flexibility index (Phi) is 7.22. The predicted molar refractivity (Wildman–Crippen MR) is 94.6 cm³/mol. The zero-order valence-electron chi connectivity index (χ0n) is 13.8. The number of anilines is 1. The maximum absolute atomic E-state index is 12.0. The minimum absolute atomic E-state index is 0.170. The smallest absolute Gasteiger partial charge is 0.306 e. The van der Waals surface area contributed by atoms with E-state index < -0.39 is 18.0 Å². The molecule has 0 aliphatic heterocycles. The fourth-order valence-corrected chi connectivity index (χ4v) is 2.02. The van der Waals surface area contributed by atoms with Crippen LogP contribution in [0, 0.1) is 0 Å². The lowest BCUT2D eigenvalue weighted by atomic mass is 10.3. The minimum Gasteiger partial charge on any atom is -0.494 e. The second kappa shape index (κ2) is 9.64. The average molecular weight is 363 g/mol. The summed E-state index contributed by atoms with van der Waals surface area (Å²) in [5.74, 6) is 0.180. The van der Waals surface area contributed by atoms with Crippen molar-refractivity contribution >= 4 is 29.3 Å². The van der Waals surface area contributed by atoms with Crippen molar-refractivity contribution < 1.29 is 19.1 Å². The first-order valence-electron chi connectivity index (χ1n) is 7.84. The molecule has 2 rings (SSSR count). The topological polar surface area (TPSA) is 77.5 Å². The second-order valence-corrected chi connectivity index (χ2v) is 5.68. The largest absolute Gasteiger partial charge is 0.494 e. The van der Waals surface area contributed by atoms with E-state index in [1.807, 2.05) is 30.3 Å². The van der Waals surface area contributed by atoms with Gasteiger partial charge in [-0.3, -0.25) is 9.59 Å². The van der Waals surface area contributed by atoms with E-state index in [-0.39, 0.29) is 6.42 Å². The third-order valence-corrected chi connectivity index (χ3v) is 3.42. The number of benzene rings is 1. The van der Waals surface area contributed by atoms with Gasteiger partial charge in [-0.2, -0.15) is 0 Å². The van der Waals surface area contributed by atoms with Crippen LogP contribution >= 0.6 is 11.6 Å². The zero-order valence-corrected chi connectivity index (χ0v) is 14.5. The summed E-state index contributed by atoms with van der Waals surface area (Å²) in [6, 6.07) is 12.5. The Labute approximate surface area is 151 Å². The van der Waals surface area contributed by atoms with Crippen LogP contribution in [0.5, 0.6) is 5.75 Å². The van der Waals surface area contributed by atoms with E-state index in [9.17, 15) is 9.59 Å². The van der Waals surface area contributed by atoms with Gasteiger partial charge >= 0.3 is 5.97 Å². The summed E-state index contributed by atoms with van der Waals surface area (Å²) in [6.45, 7) is 1.90. The van der Waals surface area contributed by atoms with Gasteiger partial charge in [0.1, 0.15) is 11.6 Å². The number of hydrogen-bond donors (Lipinski definition) is 1. The number of esters is 1. The fraction of sp³-hybridized carbons (Fsp3) is 0.278. The first-order chi connectivity index (χ1) is 12.0. The van der Waals surface area contributed by atoms with Crippen LogP contribution in [-0.2, 0) is 14.3 Å². The Hall–Kier alpha value is -2.60. The second-order valence-electron chi connectivity index (χ2n) is 5.25. The molecule has 1 heterocycles. The number of carbonyl (C=O) groups is 2. The van der Waals surface area contributed by atoms with Crippen molar-refractivity contribution in [2.45, 2.75) is 25.9 Å². The Morgan fingerprint density at radius 1 is 1.20 bits per heavy atom. The van der Waals surface area contributed by atoms with E-state index in [4.69, 9.17) is 21.1 Å². The molecule has 132 valence electrons. The lowest BCUT2D eigenvalue weighted by Gasteiger charge is -2.13. The molecule has 1 atom stereocenters. The number of aromatic nitrogens is 1. The molecule has 0 fully saturated rings.